The number of nitrogens with one attached hydrogen (secondary N) is 1. The van der Waals surface area contributed by atoms with Gasteiger partial charge in [-0.3, -0.25) is 4.79 Å². The van der Waals surface area contributed by atoms with E-state index < -0.39 is 0 Å². The number of hydrogen-bond donors (Lipinski definition) is 1. The number of benzene rings is 1. The van der Waals surface area contributed by atoms with E-state index in [9.17, 15) is 4.79 Å². The number of piperidine rings is 1. The van der Waals surface area contributed by atoms with Gasteiger partial charge in [0.2, 0.25) is 5.91 Å². The maximum Gasteiger partial charge on any atom is 0.227 e. The van der Waals surface area contributed by atoms with Gasteiger partial charge in [0, 0.05) is 42.3 Å². The van der Waals surface area contributed by atoms with Crippen LogP contribution in [0.4, 0.5) is 11.5 Å². The summed E-state index contributed by atoms with van der Waals surface area (Å²) >= 11 is 0. The molecular weight excluding hydrogens is 384 g/mol. The average Bonchev–Trinajstić information content (AvgIpc) is 3.12. The van der Waals surface area contributed by atoms with Crippen LogP contribution in [0.1, 0.15) is 49.6 Å². The van der Waals surface area contributed by atoms with Gasteiger partial charge in [0.25, 0.3) is 0 Å². The molecule has 0 atom stereocenters. The average molecular weight is 417 g/mol. The van der Waals surface area contributed by atoms with Crippen molar-refractivity contribution < 1.29 is 4.79 Å². The molecule has 0 saturated carbocycles. The topological polar surface area (TPSA) is 50.2 Å². The molecule has 0 bridgehead atoms. The van der Waals surface area contributed by atoms with Crippen molar-refractivity contribution in [2.24, 2.45) is 5.92 Å². The summed E-state index contributed by atoms with van der Waals surface area (Å²) in [5.41, 5.74) is 5.66. The second-order valence-electron chi connectivity index (χ2n) is 8.82. The quantitative estimate of drug-likeness (QED) is 0.600. The maximum atomic E-state index is 12.8. The second kappa shape index (κ2) is 8.96. The van der Waals surface area contributed by atoms with Crippen LogP contribution in [0.25, 0.3) is 5.69 Å². The van der Waals surface area contributed by atoms with Crippen molar-refractivity contribution in [1.29, 1.82) is 0 Å². The largest absolute Gasteiger partial charge is 0.355 e. The predicted molar refractivity (Wildman–Crippen MR) is 127 cm³/mol. The van der Waals surface area contributed by atoms with E-state index in [1.54, 1.807) is 0 Å². The zero-order valence-electron chi connectivity index (χ0n) is 18.9. The van der Waals surface area contributed by atoms with Crippen molar-refractivity contribution in [2.45, 2.75) is 46.5 Å². The molecule has 2 aromatic heterocycles. The Bertz CT molecular complexity index is 1020. The summed E-state index contributed by atoms with van der Waals surface area (Å²) in [5.74, 6) is 1.64. The predicted octanol–water partition coefficient (Wildman–Crippen LogP) is 5.47. The van der Waals surface area contributed by atoms with Crippen LogP contribution in [0.3, 0.4) is 0 Å². The minimum atomic E-state index is 0.0308. The fourth-order valence-electron chi connectivity index (χ4n) is 4.40. The number of hydrogen-bond acceptors (Lipinski definition) is 3. The van der Waals surface area contributed by atoms with Gasteiger partial charge in [0.05, 0.1) is 5.69 Å². The second-order valence-corrected chi connectivity index (χ2v) is 8.82. The SMILES string of the molecule is Cc1ccc(C)n1-c1cccnc1N1CCC(C(=O)Nc2ccc(C(C)C)cc2)CC1. The molecule has 5 nitrogen and oxygen atoms in total. The van der Waals surface area contributed by atoms with Crippen LogP contribution in [0, 0.1) is 19.8 Å². The van der Waals surface area contributed by atoms with Crippen LogP contribution in [-0.4, -0.2) is 28.5 Å². The van der Waals surface area contributed by atoms with E-state index in [1.807, 2.05) is 24.4 Å². The van der Waals surface area contributed by atoms with Gasteiger partial charge in [-0.2, -0.15) is 0 Å². The third-order valence-corrected chi connectivity index (χ3v) is 6.29. The summed E-state index contributed by atoms with van der Waals surface area (Å²) in [6, 6.07) is 16.6. The molecule has 1 N–H and O–H groups in total. The van der Waals surface area contributed by atoms with E-state index in [-0.39, 0.29) is 11.8 Å². The summed E-state index contributed by atoms with van der Waals surface area (Å²) < 4.78 is 2.25. The van der Waals surface area contributed by atoms with Gasteiger partial charge < -0.3 is 14.8 Å². The number of rotatable bonds is 5. The molecule has 1 aliphatic heterocycles. The first-order valence-electron chi connectivity index (χ1n) is 11.2. The highest BCUT2D eigenvalue weighted by atomic mass is 16.1. The molecule has 162 valence electrons. The van der Waals surface area contributed by atoms with Crippen molar-refractivity contribution in [3.05, 3.63) is 71.7 Å². The lowest BCUT2D eigenvalue weighted by molar-refractivity contribution is -0.120. The molecule has 1 amide bonds. The molecule has 0 spiro atoms. The monoisotopic (exact) mass is 416 g/mol. The van der Waals surface area contributed by atoms with Gasteiger partial charge in [-0.25, -0.2) is 4.98 Å². The Hall–Kier alpha value is -3.08. The standard InChI is InChI=1S/C26H32N4O/c1-18(2)21-9-11-23(12-10-21)28-26(31)22-13-16-29(17-14-22)25-24(6-5-15-27-25)30-19(3)7-8-20(30)4/h5-12,15,18,22H,13-14,16-17H2,1-4H3,(H,28,31). The first-order chi connectivity index (χ1) is 14.9. The van der Waals surface area contributed by atoms with Crippen molar-refractivity contribution in [3.8, 4) is 5.69 Å². The Morgan fingerprint density at radius 3 is 2.26 bits per heavy atom. The van der Waals surface area contributed by atoms with E-state index in [2.05, 4.69) is 72.8 Å². The zero-order valence-corrected chi connectivity index (χ0v) is 18.9. The van der Waals surface area contributed by atoms with Crippen molar-refractivity contribution in [3.63, 3.8) is 0 Å². The summed E-state index contributed by atoms with van der Waals surface area (Å²) in [5, 5.41) is 3.10. The van der Waals surface area contributed by atoms with Gasteiger partial charge >= 0.3 is 0 Å². The van der Waals surface area contributed by atoms with Crippen molar-refractivity contribution in [2.75, 3.05) is 23.3 Å². The molecule has 0 aliphatic carbocycles. The molecule has 0 radical (unpaired) electrons. The smallest absolute Gasteiger partial charge is 0.227 e. The Morgan fingerprint density at radius 1 is 1.00 bits per heavy atom. The molecule has 31 heavy (non-hydrogen) atoms. The number of carbonyl (C=O) groups excluding carboxylic acids is 1. The molecule has 0 unspecified atom stereocenters. The van der Waals surface area contributed by atoms with Crippen LogP contribution in [0.15, 0.2) is 54.7 Å². The molecule has 3 aromatic rings. The number of carbonyl (C=O) groups is 1. The van der Waals surface area contributed by atoms with Crippen molar-refractivity contribution in [1.82, 2.24) is 9.55 Å². The fraction of sp³-hybridized carbons (Fsp3) is 0.385. The van der Waals surface area contributed by atoms with Crippen molar-refractivity contribution >= 4 is 17.4 Å². The number of pyridine rings is 1. The molecule has 4 rings (SSSR count). The summed E-state index contributed by atoms with van der Waals surface area (Å²) in [6.07, 6.45) is 3.51. The lowest BCUT2D eigenvalue weighted by Crippen LogP contribution is -2.39. The van der Waals surface area contributed by atoms with Gasteiger partial charge in [0.1, 0.15) is 0 Å². The van der Waals surface area contributed by atoms with Crippen LogP contribution in [0.2, 0.25) is 0 Å². The number of aryl methyl sites for hydroxylation is 2. The third kappa shape index (κ3) is 4.50. The lowest BCUT2D eigenvalue weighted by atomic mass is 9.95. The van der Waals surface area contributed by atoms with E-state index in [4.69, 9.17) is 4.98 Å². The Balaban J connectivity index is 1.42. The minimum absolute atomic E-state index is 0.0308. The number of nitrogens with zero attached hydrogens (tertiary/aromatic N) is 3. The molecule has 1 aliphatic rings. The Kier molecular flexibility index (Phi) is 6.12. The van der Waals surface area contributed by atoms with E-state index in [0.717, 1.165) is 43.1 Å². The zero-order chi connectivity index (χ0) is 22.0. The van der Waals surface area contributed by atoms with Crippen LogP contribution >= 0.6 is 0 Å². The third-order valence-electron chi connectivity index (χ3n) is 6.29. The minimum Gasteiger partial charge on any atom is -0.355 e. The summed E-state index contributed by atoms with van der Waals surface area (Å²) in [7, 11) is 0. The molecule has 1 fully saturated rings. The normalized spacial score (nSPS) is 14.8. The highest BCUT2D eigenvalue weighted by Gasteiger charge is 2.27. The van der Waals surface area contributed by atoms with Gasteiger partial charge in [0.15, 0.2) is 5.82 Å². The van der Waals surface area contributed by atoms with E-state index in [1.165, 1.54) is 17.0 Å². The van der Waals surface area contributed by atoms with Crippen LogP contribution in [0.5, 0.6) is 0 Å². The lowest BCUT2D eigenvalue weighted by Gasteiger charge is -2.33. The molecule has 5 heteroatoms. The molecule has 3 heterocycles. The van der Waals surface area contributed by atoms with Gasteiger partial charge in [-0.1, -0.05) is 26.0 Å². The maximum absolute atomic E-state index is 12.8. The number of anilines is 2. The van der Waals surface area contributed by atoms with Gasteiger partial charge in [-0.15, -0.1) is 0 Å². The van der Waals surface area contributed by atoms with E-state index in [0.29, 0.717) is 5.92 Å². The summed E-state index contributed by atoms with van der Waals surface area (Å²) in [6.45, 7) is 10.2. The Labute approximate surface area is 185 Å². The van der Waals surface area contributed by atoms with Crippen LogP contribution in [-0.2, 0) is 4.79 Å². The molecule has 1 saturated heterocycles. The first-order valence-corrected chi connectivity index (χ1v) is 11.2. The van der Waals surface area contributed by atoms with Crippen LogP contribution < -0.4 is 10.2 Å². The molecular formula is C26H32N4O. The summed E-state index contributed by atoms with van der Waals surface area (Å²) in [4.78, 5) is 19.8. The number of amides is 1. The Morgan fingerprint density at radius 2 is 1.65 bits per heavy atom. The highest BCUT2D eigenvalue weighted by molar-refractivity contribution is 5.92. The number of aromatic nitrogens is 2. The van der Waals surface area contributed by atoms with Gasteiger partial charge in [-0.05, 0) is 74.6 Å². The fourth-order valence-corrected chi connectivity index (χ4v) is 4.40. The highest BCUT2D eigenvalue weighted by Crippen LogP contribution is 2.29. The molecule has 1 aromatic carbocycles. The first kappa shape index (κ1) is 21.2. The van der Waals surface area contributed by atoms with E-state index >= 15 is 0 Å².